The summed E-state index contributed by atoms with van der Waals surface area (Å²) < 4.78 is 5.08. The molecule has 6 heteroatoms. The standard InChI is InChI=1S/C18H19N3O3/c1-24-16-9-7-14(8-10-16)19-17(22)13-20-11-12-21(18(20)23)15-5-3-2-4-6-15/h2-10H,11-13H2,1H3,(H,19,22). The average molecular weight is 325 g/mol. The SMILES string of the molecule is COc1ccc(NC(=O)CN2CCN(c3ccccc3)C2=O)cc1. The maximum Gasteiger partial charge on any atom is 0.325 e. The minimum atomic E-state index is -0.219. The van der Waals surface area contributed by atoms with Gasteiger partial charge in [-0.1, -0.05) is 18.2 Å². The number of nitrogens with zero attached hydrogens (tertiary/aromatic N) is 2. The molecule has 0 aromatic heterocycles. The lowest BCUT2D eigenvalue weighted by Crippen LogP contribution is -2.37. The number of ether oxygens (including phenoxy) is 1. The van der Waals surface area contributed by atoms with E-state index < -0.39 is 0 Å². The van der Waals surface area contributed by atoms with Crippen molar-refractivity contribution in [3.63, 3.8) is 0 Å². The third-order valence-corrected chi connectivity index (χ3v) is 3.87. The van der Waals surface area contributed by atoms with Crippen LogP contribution in [0.4, 0.5) is 16.2 Å². The molecule has 1 N–H and O–H groups in total. The number of hydrogen-bond acceptors (Lipinski definition) is 3. The Hall–Kier alpha value is -3.02. The van der Waals surface area contributed by atoms with Crippen molar-refractivity contribution in [2.75, 3.05) is 37.0 Å². The molecule has 124 valence electrons. The van der Waals surface area contributed by atoms with Crippen molar-refractivity contribution < 1.29 is 14.3 Å². The fourth-order valence-corrected chi connectivity index (χ4v) is 2.63. The zero-order valence-electron chi connectivity index (χ0n) is 13.4. The van der Waals surface area contributed by atoms with Gasteiger partial charge in [-0.15, -0.1) is 0 Å². The van der Waals surface area contributed by atoms with E-state index in [0.717, 1.165) is 11.4 Å². The van der Waals surface area contributed by atoms with Crippen molar-refractivity contribution in [2.24, 2.45) is 0 Å². The normalized spacial score (nSPS) is 14.0. The monoisotopic (exact) mass is 325 g/mol. The van der Waals surface area contributed by atoms with E-state index in [2.05, 4.69) is 5.32 Å². The van der Waals surface area contributed by atoms with Gasteiger partial charge in [-0.05, 0) is 36.4 Å². The largest absolute Gasteiger partial charge is 0.497 e. The molecule has 1 aliphatic rings. The van der Waals surface area contributed by atoms with Gasteiger partial charge in [0.15, 0.2) is 0 Å². The summed E-state index contributed by atoms with van der Waals surface area (Å²) in [4.78, 5) is 27.8. The number of amides is 3. The van der Waals surface area contributed by atoms with Gasteiger partial charge in [-0.25, -0.2) is 4.79 Å². The van der Waals surface area contributed by atoms with Crippen LogP contribution in [0.25, 0.3) is 0 Å². The molecule has 2 aromatic rings. The number of rotatable bonds is 5. The van der Waals surface area contributed by atoms with Crippen molar-refractivity contribution in [1.82, 2.24) is 4.90 Å². The summed E-state index contributed by atoms with van der Waals surface area (Å²) in [5.41, 5.74) is 1.52. The van der Waals surface area contributed by atoms with E-state index in [1.54, 1.807) is 41.2 Å². The third-order valence-electron chi connectivity index (χ3n) is 3.87. The molecule has 1 saturated heterocycles. The van der Waals surface area contributed by atoms with Crippen molar-refractivity contribution in [3.8, 4) is 5.75 Å². The first-order valence-electron chi connectivity index (χ1n) is 7.73. The van der Waals surface area contributed by atoms with Crippen LogP contribution >= 0.6 is 0 Å². The molecule has 0 radical (unpaired) electrons. The van der Waals surface area contributed by atoms with Gasteiger partial charge < -0.3 is 15.0 Å². The van der Waals surface area contributed by atoms with Gasteiger partial charge in [0, 0.05) is 24.5 Å². The Labute approximate surface area is 140 Å². The predicted molar refractivity (Wildman–Crippen MR) is 92.4 cm³/mol. The number of hydrogen-bond donors (Lipinski definition) is 1. The quantitative estimate of drug-likeness (QED) is 0.919. The molecule has 0 bridgehead atoms. The average Bonchev–Trinajstić information content (AvgIpc) is 2.97. The summed E-state index contributed by atoms with van der Waals surface area (Å²) in [6.45, 7) is 1.15. The molecule has 0 aliphatic carbocycles. The number of benzene rings is 2. The van der Waals surface area contributed by atoms with Gasteiger partial charge in [0.2, 0.25) is 5.91 Å². The Kier molecular flexibility index (Phi) is 4.65. The van der Waals surface area contributed by atoms with Gasteiger partial charge in [0.1, 0.15) is 12.3 Å². The molecule has 1 fully saturated rings. The first-order chi connectivity index (χ1) is 11.7. The van der Waals surface area contributed by atoms with Crippen LogP contribution < -0.4 is 15.0 Å². The van der Waals surface area contributed by atoms with Gasteiger partial charge in [-0.3, -0.25) is 9.69 Å². The van der Waals surface area contributed by atoms with Crippen molar-refractivity contribution in [1.29, 1.82) is 0 Å². The van der Waals surface area contributed by atoms with Crippen LogP contribution in [0.15, 0.2) is 54.6 Å². The highest BCUT2D eigenvalue weighted by Crippen LogP contribution is 2.20. The second-order valence-electron chi connectivity index (χ2n) is 5.47. The maximum absolute atomic E-state index is 12.4. The Morgan fingerprint density at radius 1 is 1.08 bits per heavy atom. The van der Waals surface area contributed by atoms with Crippen LogP contribution in [0.2, 0.25) is 0 Å². The highest BCUT2D eigenvalue weighted by atomic mass is 16.5. The van der Waals surface area contributed by atoms with E-state index in [9.17, 15) is 9.59 Å². The number of para-hydroxylation sites is 1. The summed E-state index contributed by atoms with van der Waals surface area (Å²) in [5, 5.41) is 2.79. The minimum Gasteiger partial charge on any atom is -0.497 e. The minimum absolute atomic E-state index is 0.0359. The number of methoxy groups -OCH3 is 1. The zero-order valence-corrected chi connectivity index (χ0v) is 13.4. The van der Waals surface area contributed by atoms with Crippen LogP contribution in [-0.4, -0.2) is 43.6 Å². The molecule has 0 atom stereocenters. The highest BCUT2D eigenvalue weighted by Gasteiger charge is 2.30. The van der Waals surface area contributed by atoms with E-state index in [4.69, 9.17) is 4.74 Å². The highest BCUT2D eigenvalue weighted by molar-refractivity contribution is 5.99. The molecule has 3 amide bonds. The molecule has 0 spiro atoms. The summed E-state index contributed by atoms with van der Waals surface area (Å²) in [6.07, 6.45) is 0. The van der Waals surface area contributed by atoms with Gasteiger partial charge in [-0.2, -0.15) is 0 Å². The zero-order chi connectivity index (χ0) is 16.9. The summed E-state index contributed by atoms with van der Waals surface area (Å²) in [7, 11) is 1.59. The lowest BCUT2D eigenvalue weighted by molar-refractivity contribution is -0.116. The van der Waals surface area contributed by atoms with Gasteiger partial charge in [0.05, 0.1) is 7.11 Å². The van der Waals surface area contributed by atoms with Crippen LogP contribution in [0, 0.1) is 0 Å². The molecular weight excluding hydrogens is 306 g/mol. The molecule has 0 unspecified atom stereocenters. The topological polar surface area (TPSA) is 61.9 Å². The molecule has 6 nitrogen and oxygen atoms in total. The number of carbonyl (C=O) groups is 2. The van der Waals surface area contributed by atoms with E-state index in [1.807, 2.05) is 30.3 Å². The summed E-state index contributed by atoms with van der Waals surface area (Å²) in [5.74, 6) is 0.504. The molecule has 1 heterocycles. The molecule has 24 heavy (non-hydrogen) atoms. The first kappa shape index (κ1) is 15.9. The van der Waals surface area contributed by atoms with E-state index in [-0.39, 0.29) is 18.5 Å². The summed E-state index contributed by atoms with van der Waals surface area (Å²) in [6, 6.07) is 16.4. The smallest absolute Gasteiger partial charge is 0.325 e. The Morgan fingerprint density at radius 3 is 2.46 bits per heavy atom. The fraction of sp³-hybridized carbons (Fsp3) is 0.222. The molecular formula is C18H19N3O3. The van der Waals surface area contributed by atoms with Gasteiger partial charge >= 0.3 is 6.03 Å². The Bertz CT molecular complexity index is 716. The van der Waals surface area contributed by atoms with E-state index in [1.165, 1.54) is 0 Å². The lowest BCUT2D eigenvalue weighted by atomic mass is 10.3. The number of urea groups is 1. The van der Waals surface area contributed by atoms with Crippen LogP contribution in [-0.2, 0) is 4.79 Å². The second-order valence-corrected chi connectivity index (χ2v) is 5.47. The van der Waals surface area contributed by atoms with Crippen LogP contribution in [0.5, 0.6) is 5.75 Å². The van der Waals surface area contributed by atoms with Crippen molar-refractivity contribution in [3.05, 3.63) is 54.6 Å². The number of anilines is 2. The third kappa shape index (κ3) is 3.48. The lowest BCUT2D eigenvalue weighted by Gasteiger charge is -2.18. The number of nitrogens with one attached hydrogen (secondary N) is 1. The van der Waals surface area contributed by atoms with Crippen LogP contribution in [0.1, 0.15) is 0 Å². The maximum atomic E-state index is 12.4. The molecule has 3 rings (SSSR count). The van der Waals surface area contributed by atoms with Crippen molar-refractivity contribution >= 4 is 23.3 Å². The second kappa shape index (κ2) is 7.04. The van der Waals surface area contributed by atoms with E-state index in [0.29, 0.717) is 18.8 Å². The molecule has 1 aliphatic heterocycles. The molecule has 0 saturated carbocycles. The first-order valence-corrected chi connectivity index (χ1v) is 7.73. The Balaban J connectivity index is 1.58. The van der Waals surface area contributed by atoms with Gasteiger partial charge in [0.25, 0.3) is 0 Å². The Morgan fingerprint density at radius 2 is 1.79 bits per heavy atom. The fourth-order valence-electron chi connectivity index (χ4n) is 2.63. The van der Waals surface area contributed by atoms with Crippen molar-refractivity contribution in [2.45, 2.75) is 0 Å². The molecule has 2 aromatic carbocycles. The summed E-state index contributed by atoms with van der Waals surface area (Å²) >= 11 is 0. The number of carbonyl (C=O) groups excluding carboxylic acids is 2. The van der Waals surface area contributed by atoms with Crippen LogP contribution in [0.3, 0.4) is 0 Å². The predicted octanol–water partition coefficient (Wildman–Crippen LogP) is 2.58. The van der Waals surface area contributed by atoms with E-state index >= 15 is 0 Å².